The fourth-order valence-electron chi connectivity index (χ4n) is 1.47. The van der Waals surface area contributed by atoms with Crippen LogP contribution in [-0.4, -0.2) is 18.7 Å². The van der Waals surface area contributed by atoms with Crippen LogP contribution >= 0.6 is 11.6 Å². The molecule has 0 saturated carbocycles. The van der Waals surface area contributed by atoms with Crippen molar-refractivity contribution in [2.45, 2.75) is 6.54 Å². The predicted octanol–water partition coefficient (Wildman–Crippen LogP) is -0.0178. The minimum absolute atomic E-state index is 0.107. The summed E-state index contributed by atoms with van der Waals surface area (Å²) in [6.07, 6.45) is 2.92. The Morgan fingerprint density at radius 1 is 1.35 bits per heavy atom. The van der Waals surface area contributed by atoms with Gasteiger partial charge in [-0.05, 0) is 0 Å². The van der Waals surface area contributed by atoms with Crippen molar-refractivity contribution in [2.24, 2.45) is 14.1 Å². The third-order valence-corrected chi connectivity index (χ3v) is 2.92. The van der Waals surface area contributed by atoms with Gasteiger partial charge in [-0.25, -0.2) is 9.78 Å². The molecule has 2 rings (SSSR count). The minimum Gasteiger partial charge on any atom is -0.321 e. The molecule has 0 aliphatic rings. The molecular weight excluding hydrogens is 244 g/mol. The van der Waals surface area contributed by atoms with E-state index >= 15 is 0 Å². The second kappa shape index (κ2) is 4.21. The van der Waals surface area contributed by atoms with E-state index in [0.717, 1.165) is 4.57 Å². The van der Waals surface area contributed by atoms with Crippen LogP contribution in [0.4, 0.5) is 0 Å². The first-order valence-corrected chi connectivity index (χ1v) is 5.31. The second-order valence-electron chi connectivity index (χ2n) is 3.69. The summed E-state index contributed by atoms with van der Waals surface area (Å²) in [7, 11) is 3.31. The van der Waals surface area contributed by atoms with E-state index in [9.17, 15) is 9.59 Å². The Morgan fingerprint density at radius 2 is 2.06 bits per heavy atom. The highest BCUT2D eigenvalue weighted by molar-refractivity contribution is 6.29. The lowest BCUT2D eigenvalue weighted by Gasteiger charge is -2.06. The third-order valence-electron chi connectivity index (χ3n) is 2.57. The zero-order valence-electron chi connectivity index (χ0n) is 9.42. The number of hydrogen-bond donors (Lipinski definition) is 0. The Labute approximate surface area is 102 Å². The molecule has 0 aliphatic heterocycles. The van der Waals surface area contributed by atoms with Gasteiger partial charge in [-0.2, -0.15) is 0 Å². The van der Waals surface area contributed by atoms with Crippen LogP contribution in [0.1, 0.15) is 5.82 Å². The van der Waals surface area contributed by atoms with E-state index in [4.69, 9.17) is 11.6 Å². The van der Waals surface area contributed by atoms with Crippen molar-refractivity contribution in [2.75, 3.05) is 0 Å². The van der Waals surface area contributed by atoms with Crippen molar-refractivity contribution in [1.82, 2.24) is 18.7 Å². The molecule has 0 fully saturated rings. The van der Waals surface area contributed by atoms with Crippen molar-refractivity contribution in [3.05, 3.63) is 50.3 Å². The Bertz CT molecular complexity index is 668. The maximum absolute atomic E-state index is 11.8. The average Bonchev–Trinajstić information content (AvgIpc) is 2.61. The summed E-state index contributed by atoms with van der Waals surface area (Å²) in [5.74, 6) is 0.556. The number of hydrogen-bond acceptors (Lipinski definition) is 3. The number of aromatic nitrogens is 4. The molecule has 17 heavy (non-hydrogen) atoms. The molecule has 0 bridgehead atoms. The maximum atomic E-state index is 11.8. The van der Waals surface area contributed by atoms with E-state index in [1.54, 1.807) is 18.7 Å². The molecule has 2 heterocycles. The van der Waals surface area contributed by atoms with Gasteiger partial charge in [0, 0.05) is 26.4 Å². The summed E-state index contributed by atoms with van der Waals surface area (Å²) in [5.41, 5.74) is -0.733. The average molecular weight is 255 g/mol. The number of rotatable bonds is 2. The van der Waals surface area contributed by atoms with Crippen molar-refractivity contribution in [1.29, 1.82) is 0 Å². The smallest absolute Gasteiger partial charge is 0.321 e. The van der Waals surface area contributed by atoms with Gasteiger partial charge in [-0.1, -0.05) is 11.6 Å². The molecule has 0 N–H and O–H groups in total. The van der Waals surface area contributed by atoms with Gasteiger partial charge in [0.25, 0.3) is 5.56 Å². The van der Waals surface area contributed by atoms with Crippen molar-refractivity contribution in [3.8, 4) is 0 Å². The Balaban J connectivity index is 2.51. The number of aryl methyl sites for hydroxylation is 1. The van der Waals surface area contributed by atoms with Gasteiger partial charge in [0.2, 0.25) is 0 Å². The minimum atomic E-state index is -0.378. The fourth-order valence-corrected chi connectivity index (χ4v) is 1.62. The standard InChI is InChI=1S/C10H11ClN4O2/c1-13-4-3-9(16)15(10(13)17)6-8-12-5-7(11)14(8)2/h3-5H,6H2,1-2H3. The summed E-state index contributed by atoms with van der Waals surface area (Å²) in [6, 6.07) is 1.34. The fraction of sp³-hybridized carbons (Fsp3) is 0.300. The molecular formula is C10H11ClN4O2. The molecule has 0 unspecified atom stereocenters. The largest absolute Gasteiger partial charge is 0.331 e. The van der Waals surface area contributed by atoms with Crippen LogP contribution in [0.25, 0.3) is 0 Å². The topological polar surface area (TPSA) is 61.8 Å². The van der Waals surface area contributed by atoms with Crippen molar-refractivity contribution < 1.29 is 0 Å². The lowest BCUT2D eigenvalue weighted by Crippen LogP contribution is -2.38. The molecule has 90 valence electrons. The predicted molar refractivity (Wildman–Crippen MR) is 63.3 cm³/mol. The lowest BCUT2D eigenvalue weighted by molar-refractivity contribution is 0.605. The second-order valence-corrected chi connectivity index (χ2v) is 4.08. The van der Waals surface area contributed by atoms with Gasteiger partial charge < -0.3 is 9.13 Å². The number of imidazole rings is 1. The maximum Gasteiger partial charge on any atom is 0.331 e. The van der Waals surface area contributed by atoms with Crippen LogP contribution < -0.4 is 11.2 Å². The molecule has 0 radical (unpaired) electrons. The number of nitrogens with zero attached hydrogens (tertiary/aromatic N) is 4. The van der Waals surface area contributed by atoms with E-state index in [1.165, 1.54) is 23.0 Å². The molecule has 7 heteroatoms. The van der Waals surface area contributed by atoms with Crippen LogP contribution in [0, 0.1) is 0 Å². The molecule has 0 saturated heterocycles. The van der Waals surface area contributed by atoms with Gasteiger partial charge in [0.05, 0.1) is 12.7 Å². The van der Waals surface area contributed by atoms with Crippen LogP contribution in [0.5, 0.6) is 0 Å². The molecule has 2 aromatic rings. The Morgan fingerprint density at radius 3 is 2.65 bits per heavy atom. The zero-order chi connectivity index (χ0) is 12.6. The monoisotopic (exact) mass is 254 g/mol. The highest BCUT2D eigenvalue weighted by atomic mass is 35.5. The summed E-state index contributed by atoms with van der Waals surface area (Å²) >= 11 is 5.84. The SMILES string of the molecule is Cn1c(Cl)cnc1Cn1c(=O)ccn(C)c1=O. The van der Waals surface area contributed by atoms with Gasteiger partial charge in [0.1, 0.15) is 11.0 Å². The Hall–Kier alpha value is -1.82. The lowest BCUT2D eigenvalue weighted by atomic mass is 10.5. The number of halogens is 1. The quantitative estimate of drug-likeness (QED) is 0.757. The first-order valence-electron chi connectivity index (χ1n) is 4.93. The highest BCUT2D eigenvalue weighted by Crippen LogP contribution is 2.08. The van der Waals surface area contributed by atoms with Gasteiger partial charge in [0.15, 0.2) is 0 Å². The molecule has 0 atom stereocenters. The van der Waals surface area contributed by atoms with E-state index in [0.29, 0.717) is 11.0 Å². The summed E-state index contributed by atoms with van der Waals surface area (Å²) in [6.45, 7) is 0.107. The van der Waals surface area contributed by atoms with Gasteiger partial charge >= 0.3 is 5.69 Å². The molecule has 0 aromatic carbocycles. The van der Waals surface area contributed by atoms with E-state index in [-0.39, 0.29) is 17.8 Å². The third kappa shape index (κ3) is 2.03. The highest BCUT2D eigenvalue weighted by Gasteiger charge is 2.09. The molecule has 6 nitrogen and oxygen atoms in total. The summed E-state index contributed by atoms with van der Waals surface area (Å²) < 4.78 is 4.07. The zero-order valence-corrected chi connectivity index (χ0v) is 10.2. The molecule has 0 spiro atoms. The Kier molecular flexibility index (Phi) is 2.89. The molecule has 0 amide bonds. The summed E-state index contributed by atoms with van der Waals surface area (Å²) in [4.78, 5) is 27.4. The molecule has 0 aliphatic carbocycles. The normalized spacial score (nSPS) is 10.8. The van der Waals surface area contributed by atoms with Gasteiger partial charge in [-0.3, -0.25) is 9.36 Å². The van der Waals surface area contributed by atoms with Gasteiger partial charge in [-0.15, -0.1) is 0 Å². The van der Waals surface area contributed by atoms with Crippen molar-refractivity contribution in [3.63, 3.8) is 0 Å². The van der Waals surface area contributed by atoms with Crippen molar-refractivity contribution >= 4 is 11.6 Å². The van der Waals surface area contributed by atoms with E-state index in [1.807, 2.05) is 0 Å². The van der Waals surface area contributed by atoms with Crippen LogP contribution in [0.2, 0.25) is 5.15 Å². The summed E-state index contributed by atoms with van der Waals surface area (Å²) in [5, 5.41) is 0.459. The first-order chi connectivity index (χ1) is 8.00. The van der Waals surface area contributed by atoms with Crippen LogP contribution in [0.3, 0.4) is 0 Å². The first kappa shape index (κ1) is 11.7. The van der Waals surface area contributed by atoms with Crippen LogP contribution in [-0.2, 0) is 20.6 Å². The van der Waals surface area contributed by atoms with E-state index in [2.05, 4.69) is 4.98 Å². The van der Waals surface area contributed by atoms with E-state index < -0.39 is 0 Å². The van der Waals surface area contributed by atoms with Crippen LogP contribution in [0.15, 0.2) is 28.0 Å². The molecule has 2 aromatic heterocycles.